The van der Waals surface area contributed by atoms with E-state index in [1.807, 2.05) is 35.0 Å². The van der Waals surface area contributed by atoms with Gasteiger partial charge in [0, 0.05) is 30.1 Å². The van der Waals surface area contributed by atoms with Gasteiger partial charge in [-0.1, -0.05) is 24.3 Å². The summed E-state index contributed by atoms with van der Waals surface area (Å²) in [6, 6.07) is 7.77. The SMILES string of the molecule is Cc1nc(S(=O)(=O)C2C(C3c4ccccc4-c4cncn43)C(O)C23CCNCC3)cn1C. The Morgan fingerprint density at radius 1 is 1.22 bits per heavy atom. The lowest BCUT2D eigenvalue weighted by atomic mass is 9.52. The van der Waals surface area contributed by atoms with Crippen molar-refractivity contribution in [2.75, 3.05) is 13.1 Å². The number of piperidine rings is 1. The average Bonchev–Trinajstić information content (AvgIpc) is 3.47. The molecule has 2 aromatic heterocycles. The molecule has 2 N–H and O–H groups in total. The molecule has 1 aromatic carbocycles. The van der Waals surface area contributed by atoms with Crippen LogP contribution < -0.4 is 5.32 Å². The number of aromatic nitrogens is 4. The van der Waals surface area contributed by atoms with Gasteiger partial charge in [-0.2, -0.15) is 0 Å². The van der Waals surface area contributed by atoms with Crippen molar-refractivity contribution in [3.8, 4) is 11.3 Å². The second kappa shape index (κ2) is 6.76. The molecule has 0 bridgehead atoms. The zero-order valence-corrected chi connectivity index (χ0v) is 19.0. The molecule has 4 heterocycles. The lowest BCUT2D eigenvalue weighted by Gasteiger charge is -2.61. The van der Waals surface area contributed by atoms with Gasteiger partial charge < -0.3 is 19.6 Å². The molecular formula is C23H27N5O3S. The van der Waals surface area contributed by atoms with E-state index in [1.165, 1.54) is 0 Å². The van der Waals surface area contributed by atoms with E-state index in [9.17, 15) is 13.5 Å². The lowest BCUT2D eigenvalue weighted by Crippen LogP contribution is -2.71. The van der Waals surface area contributed by atoms with Crippen molar-refractivity contribution in [3.63, 3.8) is 0 Å². The largest absolute Gasteiger partial charge is 0.392 e. The predicted octanol–water partition coefficient (Wildman–Crippen LogP) is 1.70. The molecule has 1 aliphatic carbocycles. The van der Waals surface area contributed by atoms with E-state index in [0.717, 1.165) is 16.8 Å². The minimum atomic E-state index is -3.77. The van der Waals surface area contributed by atoms with Gasteiger partial charge in [0.1, 0.15) is 5.82 Å². The minimum Gasteiger partial charge on any atom is -0.392 e. The molecule has 8 nitrogen and oxygen atoms in total. The van der Waals surface area contributed by atoms with E-state index in [-0.39, 0.29) is 11.1 Å². The molecule has 9 heteroatoms. The van der Waals surface area contributed by atoms with Crippen LogP contribution in [-0.4, -0.2) is 57.1 Å². The minimum absolute atomic E-state index is 0.106. The van der Waals surface area contributed by atoms with E-state index in [0.29, 0.717) is 31.8 Å². The number of hydrogen-bond donors (Lipinski definition) is 2. The third-order valence-corrected chi connectivity index (χ3v) is 10.2. The molecule has 4 unspecified atom stereocenters. The van der Waals surface area contributed by atoms with Crippen molar-refractivity contribution >= 4 is 9.84 Å². The van der Waals surface area contributed by atoms with Crippen molar-refractivity contribution in [2.45, 2.75) is 42.2 Å². The highest BCUT2D eigenvalue weighted by Crippen LogP contribution is 2.62. The zero-order valence-electron chi connectivity index (χ0n) is 18.1. The van der Waals surface area contributed by atoms with Crippen molar-refractivity contribution in [3.05, 3.63) is 54.4 Å². The maximum absolute atomic E-state index is 14.1. The number of aliphatic hydroxyl groups excluding tert-OH is 1. The fourth-order valence-electron chi connectivity index (χ4n) is 6.37. The van der Waals surface area contributed by atoms with Gasteiger partial charge in [-0.3, -0.25) is 0 Å². The molecule has 2 aliphatic heterocycles. The van der Waals surface area contributed by atoms with E-state index in [4.69, 9.17) is 0 Å². The zero-order chi connectivity index (χ0) is 22.3. The second-order valence-corrected chi connectivity index (χ2v) is 11.4. The highest BCUT2D eigenvalue weighted by atomic mass is 32.2. The number of hydrogen-bond acceptors (Lipinski definition) is 6. The van der Waals surface area contributed by atoms with Crippen LogP contribution in [0.5, 0.6) is 0 Å². The molecule has 1 saturated carbocycles. The molecule has 4 atom stereocenters. The first-order valence-corrected chi connectivity index (χ1v) is 12.6. The first kappa shape index (κ1) is 20.1. The highest BCUT2D eigenvalue weighted by molar-refractivity contribution is 7.92. The van der Waals surface area contributed by atoms with Crippen LogP contribution in [0.2, 0.25) is 0 Å². The number of nitrogens with zero attached hydrogens (tertiary/aromatic N) is 4. The van der Waals surface area contributed by atoms with Crippen molar-refractivity contribution in [1.29, 1.82) is 0 Å². The second-order valence-electron chi connectivity index (χ2n) is 9.43. The number of benzene rings is 1. The molecule has 1 saturated heterocycles. The number of nitrogens with one attached hydrogen (secondary N) is 1. The van der Waals surface area contributed by atoms with Crippen LogP contribution in [0, 0.1) is 18.3 Å². The topological polar surface area (TPSA) is 102 Å². The maximum atomic E-state index is 14.1. The monoisotopic (exact) mass is 453 g/mol. The normalized spacial score (nSPS) is 28.3. The molecule has 6 rings (SSSR count). The van der Waals surface area contributed by atoms with Gasteiger partial charge in [0.25, 0.3) is 0 Å². The van der Waals surface area contributed by atoms with Crippen LogP contribution in [0.15, 0.2) is 48.0 Å². The summed E-state index contributed by atoms with van der Waals surface area (Å²) in [5, 5.41) is 14.3. The van der Waals surface area contributed by atoms with Crippen LogP contribution in [0.4, 0.5) is 0 Å². The molecule has 2 fully saturated rings. The summed E-state index contributed by atoms with van der Waals surface area (Å²) < 4.78 is 32.0. The van der Waals surface area contributed by atoms with Crippen molar-refractivity contribution in [1.82, 2.24) is 24.4 Å². The number of aryl methyl sites for hydroxylation is 2. The Kier molecular flexibility index (Phi) is 4.25. The Morgan fingerprint density at radius 3 is 2.69 bits per heavy atom. The van der Waals surface area contributed by atoms with Gasteiger partial charge in [-0.15, -0.1) is 0 Å². The summed E-state index contributed by atoms with van der Waals surface area (Å²) in [6.07, 6.45) is 5.72. The summed E-state index contributed by atoms with van der Waals surface area (Å²) in [5.41, 5.74) is 2.40. The summed E-state index contributed by atoms with van der Waals surface area (Å²) in [4.78, 5) is 8.72. The summed E-state index contributed by atoms with van der Waals surface area (Å²) in [5.74, 6) is 0.180. The number of sulfone groups is 1. The number of aliphatic hydroxyl groups is 1. The summed E-state index contributed by atoms with van der Waals surface area (Å²) in [6.45, 7) is 3.21. The average molecular weight is 454 g/mol. The fourth-order valence-corrected chi connectivity index (χ4v) is 8.90. The standard InChI is InChI=1S/C23H27N5O3S/c1-14-26-18(12-27(14)2)32(30,31)22-19(21(29)23(22)7-9-24-10-8-23)20-16-6-4-3-5-15(16)17-11-25-13-28(17)20/h3-6,11-13,19-22,24,29H,7-10H2,1-2H3. The van der Waals surface area contributed by atoms with Crippen LogP contribution in [0.1, 0.15) is 30.3 Å². The third kappa shape index (κ3) is 2.47. The molecule has 3 aromatic rings. The van der Waals surface area contributed by atoms with Crippen LogP contribution in [-0.2, 0) is 16.9 Å². The summed E-state index contributed by atoms with van der Waals surface area (Å²) in [7, 11) is -1.97. The molecule has 1 spiro atoms. The van der Waals surface area contributed by atoms with E-state index < -0.39 is 32.5 Å². The maximum Gasteiger partial charge on any atom is 0.201 e. The van der Waals surface area contributed by atoms with Crippen molar-refractivity contribution in [2.24, 2.45) is 18.4 Å². The van der Waals surface area contributed by atoms with Gasteiger partial charge in [-0.05, 0) is 38.4 Å². The Balaban J connectivity index is 1.52. The highest BCUT2D eigenvalue weighted by Gasteiger charge is 2.69. The van der Waals surface area contributed by atoms with E-state index >= 15 is 0 Å². The van der Waals surface area contributed by atoms with Crippen LogP contribution in [0.25, 0.3) is 11.3 Å². The quantitative estimate of drug-likeness (QED) is 0.626. The fraction of sp³-hybridized carbons (Fsp3) is 0.478. The lowest BCUT2D eigenvalue weighted by molar-refractivity contribution is -0.141. The van der Waals surface area contributed by atoms with Crippen LogP contribution in [0.3, 0.4) is 0 Å². The van der Waals surface area contributed by atoms with Crippen LogP contribution >= 0.6 is 0 Å². The predicted molar refractivity (Wildman–Crippen MR) is 119 cm³/mol. The van der Waals surface area contributed by atoms with E-state index in [1.54, 1.807) is 31.1 Å². The number of rotatable bonds is 3. The Morgan fingerprint density at radius 2 is 1.97 bits per heavy atom. The molecule has 32 heavy (non-hydrogen) atoms. The summed E-state index contributed by atoms with van der Waals surface area (Å²) >= 11 is 0. The third-order valence-electron chi connectivity index (χ3n) is 8.00. The van der Waals surface area contributed by atoms with E-state index in [2.05, 4.69) is 15.3 Å². The Bertz CT molecular complexity index is 1290. The van der Waals surface area contributed by atoms with Gasteiger partial charge in [0.05, 0.1) is 35.6 Å². The molecule has 0 amide bonds. The van der Waals surface area contributed by atoms with Gasteiger partial charge in [0.15, 0.2) is 5.03 Å². The molecule has 3 aliphatic rings. The van der Waals surface area contributed by atoms with Crippen molar-refractivity contribution < 1.29 is 13.5 Å². The number of imidazole rings is 2. The van der Waals surface area contributed by atoms with Gasteiger partial charge >= 0.3 is 0 Å². The van der Waals surface area contributed by atoms with Gasteiger partial charge in [-0.25, -0.2) is 18.4 Å². The Hall–Kier alpha value is -2.49. The van der Waals surface area contributed by atoms with Gasteiger partial charge in [0.2, 0.25) is 9.84 Å². The number of fused-ring (bicyclic) bond motifs is 3. The molecular weight excluding hydrogens is 426 g/mol. The molecule has 0 radical (unpaired) electrons. The Labute approximate surface area is 187 Å². The molecule has 168 valence electrons. The first-order chi connectivity index (χ1) is 15.4. The smallest absolute Gasteiger partial charge is 0.201 e. The first-order valence-electron chi connectivity index (χ1n) is 11.1.